The van der Waals surface area contributed by atoms with Crippen LogP contribution in [0, 0.1) is 0 Å². The molecule has 1 amide bonds. The molecule has 1 unspecified atom stereocenters. The van der Waals surface area contributed by atoms with Crippen molar-refractivity contribution in [3.8, 4) is 0 Å². The van der Waals surface area contributed by atoms with Crippen LogP contribution in [0.2, 0.25) is 0 Å². The molecule has 0 saturated heterocycles. The largest absolute Gasteiger partial charge is 0.416 e. The number of nitrogens with one attached hydrogen (secondary N) is 2. The quantitative estimate of drug-likeness (QED) is 0.729. The molecule has 134 valence electrons. The molecule has 0 fully saturated rings. The Kier molecular flexibility index (Phi) is 6.43. The maximum atomic E-state index is 12.6. The second-order valence-corrected chi connectivity index (χ2v) is 4.70. The first kappa shape index (κ1) is 19.9. The highest BCUT2D eigenvalue weighted by Gasteiger charge is 2.31. The second-order valence-electron chi connectivity index (χ2n) is 4.70. The number of halogens is 3. The highest BCUT2D eigenvalue weighted by atomic mass is 19.4. The number of aromatic nitrogens is 3. The van der Waals surface area contributed by atoms with Gasteiger partial charge in [-0.3, -0.25) is 14.6 Å². The van der Waals surface area contributed by atoms with Crippen molar-refractivity contribution in [2.24, 2.45) is 0 Å². The Morgan fingerprint density at radius 2 is 1.96 bits per heavy atom. The number of anilines is 1. The van der Waals surface area contributed by atoms with Crippen LogP contribution in [-0.4, -0.2) is 21.1 Å². The van der Waals surface area contributed by atoms with Gasteiger partial charge in [0.15, 0.2) is 5.69 Å². The lowest BCUT2D eigenvalue weighted by molar-refractivity contribution is -0.137. The summed E-state index contributed by atoms with van der Waals surface area (Å²) in [5, 5.41) is 9.41. The predicted molar refractivity (Wildman–Crippen MR) is 85.6 cm³/mol. The Bertz CT molecular complexity index is 804. The van der Waals surface area contributed by atoms with Crippen molar-refractivity contribution in [2.45, 2.75) is 19.1 Å². The summed E-state index contributed by atoms with van der Waals surface area (Å²) in [6.45, 7) is 7.45. The molecule has 0 saturated carbocycles. The third kappa shape index (κ3) is 5.16. The highest BCUT2D eigenvalue weighted by molar-refractivity contribution is 5.94. The molecular weight excluding hydrogens is 339 g/mol. The summed E-state index contributed by atoms with van der Waals surface area (Å²) in [5.41, 5.74) is 3.37. The average Bonchev–Trinajstić information content (AvgIpc) is 2.55. The molecule has 4 N–H and O–H groups in total. The zero-order chi connectivity index (χ0) is 19.2. The van der Waals surface area contributed by atoms with E-state index in [-0.39, 0.29) is 17.2 Å². The summed E-state index contributed by atoms with van der Waals surface area (Å²) in [6, 6.07) is 3.07. The molecule has 0 aliphatic rings. The van der Waals surface area contributed by atoms with Gasteiger partial charge in [0.1, 0.15) is 0 Å². The van der Waals surface area contributed by atoms with E-state index in [1.54, 1.807) is 0 Å². The van der Waals surface area contributed by atoms with Crippen molar-refractivity contribution in [3.05, 3.63) is 64.6 Å². The number of carbonyl (C=O) groups excluding carboxylic acids is 1. The molecule has 0 bridgehead atoms. The van der Waals surface area contributed by atoms with Crippen LogP contribution >= 0.6 is 0 Å². The van der Waals surface area contributed by atoms with Gasteiger partial charge in [-0.2, -0.15) is 13.2 Å². The molecule has 2 aromatic rings. The highest BCUT2D eigenvalue weighted by Crippen LogP contribution is 2.29. The SMILES string of the molecule is C=C.CC(NC(=O)c1cccc(C(F)(F)F)c1)c1nnc(N)[nH]c1=O. The summed E-state index contributed by atoms with van der Waals surface area (Å²) in [5.74, 6) is -0.961. The number of rotatable bonds is 3. The predicted octanol–water partition coefficient (Wildman–Crippen LogP) is 2.06. The van der Waals surface area contributed by atoms with Crippen LogP contribution in [0.5, 0.6) is 0 Å². The number of alkyl halides is 3. The Balaban J connectivity index is 0.00000151. The standard InChI is InChI=1S/C13H12F3N5O2.C2H4/c1-6(9-11(23)19-12(17)21-20-9)18-10(22)7-3-2-4-8(5-7)13(14,15)16;1-2/h2-6H,1H3,(H,18,22)(H3,17,19,21,23);1-2H2. The van der Waals surface area contributed by atoms with Crippen molar-refractivity contribution >= 4 is 11.9 Å². The molecular formula is C15H16F3N5O2. The lowest BCUT2D eigenvalue weighted by Gasteiger charge is -2.13. The number of H-pyrrole nitrogens is 1. The van der Waals surface area contributed by atoms with E-state index in [1.165, 1.54) is 13.0 Å². The zero-order valence-electron chi connectivity index (χ0n) is 13.2. The molecule has 1 heterocycles. The number of amides is 1. The lowest BCUT2D eigenvalue weighted by atomic mass is 10.1. The number of hydrogen-bond donors (Lipinski definition) is 3. The first-order valence-electron chi connectivity index (χ1n) is 6.89. The molecule has 0 radical (unpaired) electrons. The maximum absolute atomic E-state index is 12.6. The molecule has 2 rings (SSSR count). The molecule has 1 aromatic heterocycles. The number of nitrogens with zero attached hydrogens (tertiary/aromatic N) is 2. The van der Waals surface area contributed by atoms with E-state index in [4.69, 9.17) is 5.73 Å². The summed E-state index contributed by atoms with van der Waals surface area (Å²) in [7, 11) is 0. The number of nitrogens with two attached hydrogens (primary N) is 1. The van der Waals surface area contributed by atoms with E-state index >= 15 is 0 Å². The van der Waals surface area contributed by atoms with Crippen molar-refractivity contribution in [1.29, 1.82) is 0 Å². The fourth-order valence-corrected chi connectivity index (χ4v) is 1.83. The van der Waals surface area contributed by atoms with Crippen LogP contribution in [0.25, 0.3) is 0 Å². The summed E-state index contributed by atoms with van der Waals surface area (Å²) in [4.78, 5) is 25.9. The minimum atomic E-state index is -4.55. The van der Waals surface area contributed by atoms with E-state index in [0.29, 0.717) is 0 Å². The third-order valence-electron chi connectivity index (χ3n) is 2.95. The van der Waals surface area contributed by atoms with Crippen molar-refractivity contribution in [1.82, 2.24) is 20.5 Å². The number of nitrogen functional groups attached to an aromatic ring is 1. The molecule has 0 aliphatic heterocycles. The summed E-state index contributed by atoms with van der Waals surface area (Å²) in [6.07, 6.45) is -4.55. The molecule has 7 nitrogen and oxygen atoms in total. The Morgan fingerprint density at radius 1 is 1.32 bits per heavy atom. The van der Waals surface area contributed by atoms with Crippen LogP contribution in [0.4, 0.5) is 19.1 Å². The van der Waals surface area contributed by atoms with Crippen LogP contribution in [0.3, 0.4) is 0 Å². The van der Waals surface area contributed by atoms with Crippen LogP contribution < -0.4 is 16.6 Å². The molecule has 0 spiro atoms. The van der Waals surface area contributed by atoms with Gasteiger partial charge in [0, 0.05) is 5.56 Å². The van der Waals surface area contributed by atoms with Gasteiger partial charge in [-0.05, 0) is 25.1 Å². The monoisotopic (exact) mass is 355 g/mol. The van der Waals surface area contributed by atoms with E-state index in [0.717, 1.165) is 18.2 Å². The lowest BCUT2D eigenvalue weighted by Crippen LogP contribution is -2.32. The van der Waals surface area contributed by atoms with E-state index in [1.807, 2.05) is 0 Å². The minimum Gasteiger partial charge on any atom is -0.368 e. The smallest absolute Gasteiger partial charge is 0.368 e. The zero-order valence-corrected chi connectivity index (χ0v) is 13.2. The normalized spacial score (nSPS) is 11.8. The Labute approximate surface area is 140 Å². The van der Waals surface area contributed by atoms with Gasteiger partial charge >= 0.3 is 6.18 Å². The van der Waals surface area contributed by atoms with Gasteiger partial charge in [0.2, 0.25) is 5.95 Å². The van der Waals surface area contributed by atoms with Gasteiger partial charge in [-0.15, -0.1) is 23.4 Å². The third-order valence-corrected chi connectivity index (χ3v) is 2.95. The summed E-state index contributed by atoms with van der Waals surface area (Å²) < 4.78 is 37.9. The molecule has 0 aliphatic carbocycles. The van der Waals surface area contributed by atoms with Crippen LogP contribution in [-0.2, 0) is 6.18 Å². The van der Waals surface area contributed by atoms with Crippen LogP contribution in [0.1, 0.15) is 34.6 Å². The van der Waals surface area contributed by atoms with E-state index in [9.17, 15) is 22.8 Å². The summed E-state index contributed by atoms with van der Waals surface area (Å²) >= 11 is 0. The fourth-order valence-electron chi connectivity index (χ4n) is 1.83. The second kappa shape index (κ2) is 8.08. The molecule has 1 atom stereocenters. The first-order chi connectivity index (χ1) is 11.7. The Hall–Kier alpha value is -3.17. The number of carbonyl (C=O) groups is 1. The van der Waals surface area contributed by atoms with Gasteiger partial charge in [0.05, 0.1) is 11.6 Å². The number of aromatic amines is 1. The topological polar surface area (TPSA) is 114 Å². The van der Waals surface area contributed by atoms with Crippen LogP contribution in [0.15, 0.2) is 42.2 Å². The van der Waals surface area contributed by atoms with Gasteiger partial charge in [-0.25, -0.2) is 0 Å². The first-order valence-corrected chi connectivity index (χ1v) is 6.89. The molecule has 10 heteroatoms. The molecule has 1 aromatic carbocycles. The van der Waals surface area contributed by atoms with E-state index in [2.05, 4.69) is 33.7 Å². The maximum Gasteiger partial charge on any atom is 0.416 e. The van der Waals surface area contributed by atoms with Gasteiger partial charge in [-0.1, -0.05) is 6.07 Å². The average molecular weight is 355 g/mol. The number of hydrogen-bond acceptors (Lipinski definition) is 5. The fraction of sp³-hybridized carbons (Fsp3) is 0.200. The van der Waals surface area contributed by atoms with Crippen molar-refractivity contribution in [3.63, 3.8) is 0 Å². The minimum absolute atomic E-state index is 0.112. The molecule has 25 heavy (non-hydrogen) atoms. The van der Waals surface area contributed by atoms with Gasteiger partial charge in [0.25, 0.3) is 11.5 Å². The van der Waals surface area contributed by atoms with E-state index < -0.39 is 29.2 Å². The van der Waals surface area contributed by atoms with Crippen molar-refractivity contribution < 1.29 is 18.0 Å². The Morgan fingerprint density at radius 3 is 2.52 bits per heavy atom. The van der Waals surface area contributed by atoms with Gasteiger partial charge < -0.3 is 11.1 Å². The van der Waals surface area contributed by atoms with Crippen molar-refractivity contribution in [2.75, 3.05) is 5.73 Å². The number of benzene rings is 1.